The molecular weight excluding hydrogens is 526 g/mol. The van der Waals surface area contributed by atoms with Crippen molar-refractivity contribution in [3.8, 4) is 0 Å². The first-order valence-corrected chi connectivity index (χ1v) is 11.6. The van der Waals surface area contributed by atoms with Crippen LogP contribution in [0, 0.1) is 6.92 Å². The molecule has 16 heteroatoms. The fourth-order valence-corrected chi connectivity index (χ4v) is 3.71. The van der Waals surface area contributed by atoms with E-state index in [1.165, 1.54) is 11.4 Å². The van der Waals surface area contributed by atoms with Crippen LogP contribution in [0.15, 0.2) is 18.3 Å². The van der Waals surface area contributed by atoms with E-state index < -0.39 is 24.3 Å². The van der Waals surface area contributed by atoms with E-state index >= 15 is 0 Å². The highest BCUT2D eigenvalue weighted by atomic mass is 19.4. The largest absolute Gasteiger partial charge is 0.490 e. The number of carboxylic acid groups (broad SMARTS) is 2. The average molecular weight is 559 g/mol. The Morgan fingerprint density at radius 2 is 1.61 bits per heavy atom. The first-order chi connectivity index (χ1) is 17.5. The lowest BCUT2D eigenvalue weighted by Gasteiger charge is -2.34. The van der Waals surface area contributed by atoms with E-state index in [-0.39, 0.29) is 0 Å². The molecule has 38 heavy (non-hydrogen) atoms. The maximum atomic E-state index is 10.6. The highest BCUT2D eigenvalue weighted by Gasteiger charge is 2.38. The molecule has 216 valence electrons. The summed E-state index contributed by atoms with van der Waals surface area (Å²) < 4.78 is 67.7. The monoisotopic (exact) mass is 558 g/mol. The van der Waals surface area contributed by atoms with E-state index in [4.69, 9.17) is 19.8 Å². The molecule has 1 unspecified atom stereocenters. The molecule has 10 nitrogen and oxygen atoms in total. The molecule has 2 aromatic rings. The normalized spacial score (nSPS) is 15.7. The molecular formula is C22H32F6N6O4. The fraction of sp³-hybridized carbons (Fsp3) is 0.636. The number of hydrogen-bond donors (Lipinski definition) is 2. The lowest BCUT2D eigenvalue weighted by Crippen LogP contribution is -2.39. The van der Waals surface area contributed by atoms with Gasteiger partial charge in [-0.05, 0) is 38.6 Å². The number of carbonyl (C=O) groups is 2. The number of aromatic nitrogens is 4. The SMILES string of the molecule is CCN(CC)CCC1CN(Cc2cc(C)nn2C)Cc2ccnn21.O=C(O)C(F)(F)F.O=C(O)C(F)(F)F. The van der Waals surface area contributed by atoms with Gasteiger partial charge in [0.25, 0.3) is 0 Å². The number of rotatable bonds is 7. The Balaban J connectivity index is 0.000000426. The molecule has 3 rings (SSSR count). The van der Waals surface area contributed by atoms with Crippen LogP contribution in [0.4, 0.5) is 26.3 Å². The van der Waals surface area contributed by atoms with Crippen molar-refractivity contribution in [1.29, 1.82) is 0 Å². The van der Waals surface area contributed by atoms with E-state index in [0.717, 1.165) is 51.4 Å². The highest BCUT2D eigenvalue weighted by Crippen LogP contribution is 2.24. The minimum Gasteiger partial charge on any atom is -0.475 e. The van der Waals surface area contributed by atoms with E-state index in [9.17, 15) is 26.3 Å². The van der Waals surface area contributed by atoms with Crippen LogP contribution in [0.3, 0.4) is 0 Å². The Labute approximate surface area is 215 Å². The number of halogens is 6. The van der Waals surface area contributed by atoms with E-state index in [1.54, 1.807) is 0 Å². The summed E-state index contributed by atoms with van der Waals surface area (Å²) in [7, 11) is 2.04. The van der Waals surface area contributed by atoms with Gasteiger partial charge >= 0.3 is 24.3 Å². The molecule has 0 aliphatic carbocycles. The Hall–Kier alpha value is -3.14. The van der Waals surface area contributed by atoms with Crippen molar-refractivity contribution in [2.24, 2.45) is 7.05 Å². The first kappa shape index (κ1) is 32.9. The second-order valence-corrected chi connectivity index (χ2v) is 8.41. The van der Waals surface area contributed by atoms with Crippen molar-refractivity contribution in [1.82, 2.24) is 29.4 Å². The summed E-state index contributed by atoms with van der Waals surface area (Å²) in [4.78, 5) is 22.8. The molecule has 1 atom stereocenters. The van der Waals surface area contributed by atoms with E-state index in [1.807, 2.05) is 17.9 Å². The van der Waals surface area contributed by atoms with Crippen molar-refractivity contribution in [2.75, 3.05) is 26.2 Å². The van der Waals surface area contributed by atoms with E-state index in [0.29, 0.717) is 6.04 Å². The predicted octanol–water partition coefficient (Wildman–Crippen LogP) is 3.48. The summed E-state index contributed by atoms with van der Waals surface area (Å²) in [6.07, 6.45) is -7.07. The summed E-state index contributed by atoms with van der Waals surface area (Å²) in [5.74, 6) is -5.51. The van der Waals surface area contributed by atoms with Gasteiger partial charge in [0.2, 0.25) is 0 Å². The van der Waals surface area contributed by atoms with Crippen molar-refractivity contribution >= 4 is 11.9 Å². The van der Waals surface area contributed by atoms with Crippen LogP contribution in [-0.2, 0) is 29.7 Å². The van der Waals surface area contributed by atoms with Crippen molar-refractivity contribution in [2.45, 2.75) is 58.7 Å². The zero-order chi connectivity index (χ0) is 29.3. The topological polar surface area (TPSA) is 117 Å². The Morgan fingerprint density at radius 3 is 2.03 bits per heavy atom. The summed E-state index contributed by atoms with van der Waals surface area (Å²) in [5.41, 5.74) is 3.69. The molecule has 0 spiro atoms. The molecule has 1 aliphatic rings. The van der Waals surface area contributed by atoms with Gasteiger partial charge in [-0.1, -0.05) is 13.8 Å². The molecule has 0 aromatic carbocycles. The van der Waals surface area contributed by atoms with Gasteiger partial charge in [-0.25, -0.2) is 9.59 Å². The third-order valence-corrected chi connectivity index (χ3v) is 5.60. The molecule has 1 aliphatic heterocycles. The molecule has 3 heterocycles. The molecule has 0 saturated heterocycles. The maximum Gasteiger partial charge on any atom is 0.490 e. The van der Waals surface area contributed by atoms with E-state index in [2.05, 4.69) is 57.6 Å². The molecule has 0 saturated carbocycles. The third-order valence-electron chi connectivity index (χ3n) is 5.60. The van der Waals surface area contributed by atoms with Gasteiger partial charge in [-0.3, -0.25) is 14.3 Å². The number of fused-ring (bicyclic) bond motifs is 1. The molecule has 2 N–H and O–H groups in total. The van der Waals surface area contributed by atoms with Crippen LogP contribution in [0.2, 0.25) is 0 Å². The number of aliphatic carboxylic acids is 2. The highest BCUT2D eigenvalue weighted by molar-refractivity contribution is 5.73. The zero-order valence-electron chi connectivity index (χ0n) is 21.4. The van der Waals surface area contributed by atoms with Crippen LogP contribution >= 0.6 is 0 Å². The maximum absolute atomic E-state index is 10.6. The van der Waals surface area contributed by atoms with Crippen LogP contribution in [0.25, 0.3) is 0 Å². The van der Waals surface area contributed by atoms with Crippen LogP contribution < -0.4 is 0 Å². The second-order valence-electron chi connectivity index (χ2n) is 8.41. The Kier molecular flexibility index (Phi) is 12.2. The molecule has 0 bridgehead atoms. The number of alkyl halides is 6. The minimum absolute atomic E-state index is 0.457. The second kappa shape index (κ2) is 14.1. The van der Waals surface area contributed by atoms with Crippen LogP contribution in [0.1, 0.15) is 43.4 Å². The first-order valence-electron chi connectivity index (χ1n) is 11.6. The lowest BCUT2D eigenvalue weighted by atomic mass is 10.1. The minimum atomic E-state index is -5.08. The predicted molar refractivity (Wildman–Crippen MR) is 123 cm³/mol. The van der Waals surface area contributed by atoms with Crippen molar-refractivity contribution < 1.29 is 46.1 Å². The van der Waals surface area contributed by atoms with Crippen LogP contribution in [-0.4, -0.2) is 90.0 Å². The molecule has 0 fully saturated rings. The van der Waals surface area contributed by atoms with Gasteiger partial charge in [-0.2, -0.15) is 36.5 Å². The molecule has 2 aromatic heterocycles. The standard InChI is InChI=1S/C18H30N6.2C2HF3O2/c1-5-22(6-2)10-8-17-13-23(12-16-7-9-19-24(16)17)14-18-11-15(3)20-21(18)4;2*3-2(4,5)1(6)7/h7,9,11,17H,5-6,8,10,12-14H2,1-4H3;2*(H,6,7). The smallest absolute Gasteiger partial charge is 0.475 e. The third kappa shape index (κ3) is 10.7. The van der Waals surface area contributed by atoms with Gasteiger partial charge in [0, 0.05) is 39.4 Å². The number of nitrogens with zero attached hydrogens (tertiary/aromatic N) is 6. The summed E-state index contributed by atoms with van der Waals surface area (Å²) in [6, 6.07) is 4.81. The molecule has 0 amide bonds. The van der Waals surface area contributed by atoms with Gasteiger partial charge in [0.05, 0.1) is 23.1 Å². The van der Waals surface area contributed by atoms with Gasteiger partial charge in [0.1, 0.15) is 0 Å². The van der Waals surface area contributed by atoms with Gasteiger partial charge < -0.3 is 15.1 Å². The zero-order valence-corrected chi connectivity index (χ0v) is 21.4. The average Bonchev–Trinajstić information content (AvgIpc) is 3.39. The summed E-state index contributed by atoms with van der Waals surface area (Å²) in [6.45, 7) is 12.9. The van der Waals surface area contributed by atoms with Gasteiger partial charge in [-0.15, -0.1) is 0 Å². The number of hydrogen-bond acceptors (Lipinski definition) is 6. The van der Waals surface area contributed by atoms with Crippen molar-refractivity contribution in [3.05, 3.63) is 35.4 Å². The number of carboxylic acids is 2. The quantitative estimate of drug-likeness (QED) is 0.497. The molecule has 0 radical (unpaired) electrons. The van der Waals surface area contributed by atoms with Crippen molar-refractivity contribution in [3.63, 3.8) is 0 Å². The Morgan fingerprint density at radius 1 is 1.08 bits per heavy atom. The summed E-state index contributed by atoms with van der Waals surface area (Å²) in [5, 5.41) is 23.3. The Bertz CT molecular complexity index is 1010. The lowest BCUT2D eigenvalue weighted by molar-refractivity contribution is -0.193. The van der Waals surface area contributed by atoms with Crippen LogP contribution in [0.5, 0.6) is 0 Å². The fourth-order valence-electron chi connectivity index (χ4n) is 3.71. The van der Waals surface area contributed by atoms with Gasteiger partial charge in [0.15, 0.2) is 0 Å². The summed E-state index contributed by atoms with van der Waals surface area (Å²) >= 11 is 0. The number of aryl methyl sites for hydroxylation is 2.